The van der Waals surface area contributed by atoms with Crippen molar-refractivity contribution < 1.29 is 14.6 Å². The van der Waals surface area contributed by atoms with Gasteiger partial charge in [-0.1, -0.05) is 65.8 Å². The van der Waals surface area contributed by atoms with Gasteiger partial charge in [-0.3, -0.25) is 14.9 Å². The van der Waals surface area contributed by atoms with Crippen molar-refractivity contribution in [3.63, 3.8) is 0 Å². The highest BCUT2D eigenvalue weighted by molar-refractivity contribution is 6.15. The van der Waals surface area contributed by atoms with E-state index < -0.39 is 22.3 Å². The van der Waals surface area contributed by atoms with E-state index in [0.717, 1.165) is 11.1 Å². The van der Waals surface area contributed by atoms with Crippen LogP contribution in [-0.2, 0) is 15.2 Å². The molecule has 2 atom stereocenters. The zero-order chi connectivity index (χ0) is 20.0. The second kappa shape index (κ2) is 6.27. The molecule has 0 aromatic heterocycles. The van der Waals surface area contributed by atoms with E-state index in [4.69, 9.17) is 4.84 Å². The lowest BCUT2D eigenvalue weighted by Gasteiger charge is -2.27. The van der Waals surface area contributed by atoms with Gasteiger partial charge in [0.25, 0.3) is 17.2 Å². The van der Waals surface area contributed by atoms with Crippen LogP contribution in [0.1, 0.15) is 22.6 Å². The molecule has 2 heterocycles. The summed E-state index contributed by atoms with van der Waals surface area (Å²) in [5.74, 6) is -0.953. The number of rotatable bonds is 3. The maximum Gasteiger partial charge on any atom is 0.277 e. The number of nitrogens with zero attached hydrogens (tertiary/aromatic N) is 2. The summed E-state index contributed by atoms with van der Waals surface area (Å²) in [5.41, 5.74) is 1.56. The molecule has 3 aromatic rings. The van der Waals surface area contributed by atoms with E-state index in [2.05, 4.69) is 10.5 Å². The van der Waals surface area contributed by atoms with Gasteiger partial charge in [0, 0.05) is 28.9 Å². The Bertz CT molecular complexity index is 1160. The molecule has 7 heteroatoms. The molecular weight excluding hydrogens is 370 g/mol. The van der Waals surface area contributed by atoms with E-state index in [0.29, 0.717) is 17.0 Å². The van der Waals surface area contributed by atoms with E-state index in [1.807, 2.05) is 60.7 Å². The Labute approximate surface area is 165 Å². The second-order valence-electron chi connectivity index (χ2n) is 6.95. The summed E-state index contributed by atoms with van der Waals surface area (Å²) >= 11 is 0. The van der Waals surface area contributed by atoms with Crippen molar-refractivity contribution in [2.24, 2.45) is 5.16 Å². The Balaban J connectivity index is 1.74. The van der Waals surface area contributed by atoms with Crippen LogP contribution >= 0.6 is 0 Å². The van der Waals surface area contributed by atoms with E-state index in [-0.39, 0.29) is 5.69 Å². The maximum absolute atomic E-state index is 13.2. The first-order chi connectivity index (χ1) is 14.1. The lowest BCUT2D eigenvalue weighted by Crippen LogP contribution is -2.41. The van der Waals surface area contributed by atoms with Gasteiger partial charge < -0.3 is 10.2 Å². The summed E-state index contributed by atoms with van der Waals surface area (Å²) in [6.07, 6.45) is 0. The molecule has 0 bridgehead atoms. The standard InChI is InChI=1S/C22H15N3O4/c26-21-22(17-13-16(25(27)28)11-12-18(17)23-21)19(14-7-3-1-4-8-14)20(24-29-22)15-9-5-2-6-10-15/h1-13,19H,(H,23,26)/t19-,22-/m1/s1. The van der Waals surface area contributed by atoms with Crippen molar-refractivity contribution in [2.45, 2.75) is 11.5 Å². The van der Waals surface area contributed by atoms with E-state index in [1.165, 1.54) is 18.2 Å². The third-order valence-corrected chi connectivity index (χ3v) is 5.37. The molecule has 5 rings (SSSR count). The quantitative estimate of drug-likeness (QED) is 0.545. The lowest BCUT2D eigenvalue weighted by atomic mass is 9.74. The number of amides is 1. The largest absolute Gasteiger partial charge is 0.373 e. The van der Waals surface area contributed by atoms with Crippen molar-refractivity contribution in [1.82, 2.24) is 0 Å². The summed E-state index contributed by atoms with van der Waals surface area (Å²) in [7, 11) is 0. The average Bonchev–Trinajstić information content (AvgIpc) is 3.28. The van der Waals surface area contributed by atoms with Gasteiger partial charge in [-0.15, -0.1) is 0 Å². The van der Waals surface area contributed by atoms with Crippen LogP contribution in [0.25, 0.3) is 0 Å². The molecule has 1 N–H and O–H groups in total. The highest BCUT2D eigenvalue weighted by atomic mass is 16.7. The number of anilines is 1. The fourth-order valence-electron chi connectivity index (χ4n) is 4.06. The normalized spacial score (nSPS) is 22.0. The first kappa shape index (κ1) is 17.1. The predicted octanol–water partition coefficient (Wildman–Crippen LogP) is 3.96. The maximum atomic E-state index is 13.2. The number of nitro benzene ring substituents is 1. The number of nitro groups is 1. The van der Waals surface area contributed by atoms with Crippen LogP contribution in [0.5, 0.6) is 0 Å². The molecule has 2 aliphatic rings. The smallest absolute Gasteiger partial charge is 0.277 e. The number of hydrogen-bond acceptors (Lipinski definition) is 5. The van der Waals surface area contributed by atoms with Crippen LogP contribution in [0, 0.1) is 10.1 Å². The first-order valence-electron chi connectivity index (χ1n) is 9.08. The van der Waals surface area contributed by atoms with Crippen molar-refractivity contribution in [3.05, 3.63) is 106 Å². The van der Waals surface area contributed by atoms with E-state index >= 15 is 0 Å². The summed E-state index contributed by atoms with van der Waals surface area (Å²) in [5, 5.41) is 18.5. The summed E-state index contributed by atoms with van der Waals surface area (Å²) in [6, 6.07) is 23.2. The summed E-state index contributed by atoms with van der Waals surface area (Å²) in [4.78, 5) is 29.9. The van der Waals surface area contributed by atoms with Crippen molar-refractivity contribution in [1.29, 1.82) is 0 Å². The molecular formula is C22H15N3O4. The van der Waals surface area contributed by atoms with Crippen LogP contribution in [-0.4, -0.2) is 16.5 Å². The van der Waals surface area contributed by atoms with Crippen LogP contribution in [0.3, 0.4) is 0 Å². The monoisotopic (exact) mass is 385 g/mol. The molecule has 0 saturated carbocycles. The molecule has 0 aliphatic carbocycles. The Morgan fingerprint density at radius 3 is 2.38 bits per heavy atom. The fourth-order valence-corrected chi connectivity index (χ4v) is 4.06. The third-order valence-electron chi connectivity index (χ3n) is 5.37. The summed E-state index contributed by atoms with van der Waals surface area (Å²) in [6.45, 7) is 0. The SMILES string of the molecule is O=C1Nc2ccc([N+](=O)[O-])cc2[C@]12ON=C(c1ccccc1)[C@H]2c1ccccc1. The average molecular weight is 385 g/mol. The third kappa shape index (κ3) is 2.44. The Morgan fingerprint density at radius 2 is 1.69 bits per heavy atom. The topological polar surface area (TPSA) is 93.8 Å². The predicted molar refractivity (Wildman–Crippen MR) is 107 cm³/mol. The van der Waals surface area contributed by atoms with Gasteiger partial charge in [-0.2, -0.15) is 0 Å². The molecule has 3 aromatic carbocycles. The number of carbonyl (C=O) groups excluding carboxylic acids is 1. The van der Waals surface area contributed by atoms with Gasteiger partial charge in [0.2, 0.25) is 0 Å². The molecule has 7 nitrogen and oxygen atoms in total. The molecule has 0 saturated heterocycles. The molecule has 1 amide bonds. The van der Waals surface area contributed by atoms with Gasteiger partial charge in [0.15, 0.2) is 0 Å². The molecule has 142 valence electrons. The minimum atomic E-state index is -1.51. The van der Waals surface area contributed by atoms with Gasteiger partial charge >= 0.3 is 0 Å². The molecule has 2 aliphatic heterocycles. The lowest BCUT2D eigenvalue weighted by molar-refractivity contribution is -0.385. The number of carbonyl (C=O) groups is 1. The minimum absolute atomic E-state index is 0.108. The van der Waals surface area contributed by atoms with Crippen LogP contribution in [0.4, 0.5) is 11.4 Å². The number of non-ortho nitro benzene ring substituents is 1. The van der Waals surface area contributed by atoms with Crippen molar-refractivity contribution in [2.75, 3.05) is 5.32 Å². The summed E-state index contributed by atoms with van der Waals surface area (Å²) < 4.78 is 0. The number of oxime groups is 1. The Morgan fingerprint density at radius 1 is 1.00 bits per heavy atom. The molecule has 0 radical (unpaired) electrons. The molecule has 0 unspecified atom stereocenters. The van der Waals surface area contributed by atoms with E-state index in [9.17, 15) is 14.9 Å². The van der Waals surface area contributed by atoms with Crippen LogP contribution in [0.15, 0.2) is 84.0 Å². The Hall–Kier alpha value is -4.00. The van der Waals surface area contributed by atoms with Crippen LogP contribution < -0.4 is 5.32 Å². The van der Waals surface area contributed by atoms with Gasteiger partial charge in [0.1, 0.15) is 0 Å². The zero-order valence-corrected chi connectivity index (χ0v) is 15.1. The number of hydrogen-bond donors (Lipinski definition) is 1. The van der Waals surface area contributed by atoms with E-state index in [1.54, 1.807) is 0 Å². The highest BCUT2D eigenvalue weighted by Crippen LogP contribution is 2.53. The first-order valence-corrected chi connectivity index (χ1v) is 9.08. The van der Waals surface area contributed by atoms with Crippen molar-refractivity contribution >= 4 is 23.0 Å². The second-order valence-corrected chi connectivity index (χ2v) is 6.95. The molecule has 1 spiro atoms. The Kier molecular flexibility index (Phi) is 3.70. The zero-order valence-electron chi connectivity index (χ0n) is 15.1. The van der Waals surface area contributed by atoms with Gasteiger partial charge in [-0.05, 0) is 11.6 Å². The van der Waals surface area contributed by atoms with Crippen LogP contribution in [0.2, 0.25) is 0 Å². The number of benzene rings is 3. The number of fused-ring (bicyclic) bond motifs is 2. The van der Waals surface area contributed by atoms with Crippen molar-refractivity contribution in [3.8, 4) is 0 Å². The van der Waals surface area contributed by atoms with Gasteiger partial charge in [0.05, 0.1) is 16.6 Å². The fraction of sp³-hybridized carbons (Fsp3) is 0.0909. The van der Waals surface area contributed by atoms with Gasteiger partial charge in [-0.25, -0.2) is 0 Å². The minimum Gasteiger partial charge on any atom is -0.373 e. The number of nitrogens with one attached hydrogen (secondary N) is 1. The molecule has 0 fully saturated rings. The molecule has 29 heavy (non-hydrogen) atoms. The highest BCUT2D eigenvalue weighted by Gasteiger charge is 2.61.